The number of carbonyl (C=O) groups excluding carboxylic acids is 2. The number of alkyl halides is 3. The molecule has 0 radical (unpaired) electrons. The van der Waals surface area contributed by atoms with Crippen LogP contribution in [0, 0.1) is 0 Å². The van der Waals surface area contributed by atoms with Crippen LogP contribution in [0.2, 0.25) is 0 Å². The Bertz CT molecular complexity index is 564. The average Bonchev–Trinajstić information content (AvgIpc) is 2.46. The molecular weight excluding hydrogens is 327 g/mol. The molecule has 3 amide bonds. The molecule has 3 N–H and O–H groups in total. The first-order valence-corrected chi connectivity index (χ1v) is 7.30. The number of hydrogen-bond acceptors (Lipinski definition) is 3. The van der Waals surface area contributed by atoms with Gasteiger partial charge in [-0.1, -0.05) is 18.2 Å². The molecule has 0 bridgehead atoms. The lowest BCUT2D eigenvalue weighted by atomic mass is 10.1. The number of carbonyl (C=O) groups is 2. The van der Waals surface area contributed by atoms with Crippen LogP contribution < -0.4 is 15.8 Å². The van der Waals surface area contributed by atoms with E-state index < -0.39 is 12.4 Å². The number of unbranched alkanes of at least 4 members (excludes halogenated alkanes) is 1. The van der Waals surface area contributed by atoms with Crippen LogP contribution in [0.15, 0.2) is 24.3 Å². The summed E-state index contributed by atoms with van der Waals surface area (Å²) in [6, 6.07) is 5.06. The SMILES string of the molecule is CN(Cc1ccccc1OC(F)(F)F)C(=O)CCCCNC(N)=O. The van der Waals surface area contributed by atoms with Crippen LogP contribution >= 0.6 is 0 Å². The first-order chi connectivity index (χ1) is 11.2. The molecule has 0 aromatic heterocycles. The number of primary amides is 1. The highest BCUT2D eigenvalue weighted by Gasteiger charge is 2.32. The van der Waals surface area contributed by atoms with Gasteiger partial charge in [0.25, 0.3) is 0 Å². The summed E-state index contributed by atoms with van der Waals surface area (Å²) in [5.41, 5.74) is 5.17. The monoisotopic (exact) mass is 347 g/mol. The second kappa shape index (κ2) is 8.99. The highest BCUT2D eigenvalue weighted by atomic mass is 19.4. The molecule has 24 heavy (non-hydrogen) atoms. The number of benzene rings is 1. The van der Waals surface area contributed by atoms with E-state index in [1.54, 1.807) is 6.07 Å². The molecule has 134 valence electrons. The molecule has 0 spiro atoms. The Morgan fingerprint density at radius 1 is 1.25 bits per heavy atom. The number of amides is 3. The van der Waals surface area contributed by atoms with Crippen LogP contribution in [0.3, 0.4) is 0 Å². The second-order valence-electron chi connectivity index (χ2n) is 5.15. The normalized spacial score (nSPS) is 11.0. The first-order valence-electron chi connectivity index (χ1n) is 7.30. The lowest BCUT2D eigenvalue weighted by molar-refractivity contribution is -0.275. The maximum absolute atomic E-state index is 12.4. The van der Waals surface area contributed by atoms with E-state index in [0.717, 1.165) is 0 Å². The Balaban J connectivity index is 2.50. The molecule has 9 heteroatoms. The molecule has 0 fully saturated rings. The van der Waals surface area contributed by atoms with E-state index in [1.807, 2.05) is 0 Å². The summed E-state index contributed by atoms with van der Waals surface area (Å²) in [5.74, 6) is -0.536. The number of nitrogens with two attached hydrogens (primary N) is 1. The summed E-state index contributed by atoms with van der Waals surface area (Å²) in [4.78, 5) is 23.8. The summed E-state index contributed by atoms with van der Waals surface area (Å²) in [5, 5.41) is 2.41. The largest absolute Gasteiger partial charge is 0.573 e. The maximum atomic E-state index is 12.4. The van der Waals surface area contributed by atoms with Gasteiger partial charge in [0.2, 0.25) is 5.91 Å². The van der Waals surface area contributed by atoms with Gasteiger partial charge in [-0.2, -0.15) is 0 Å². The van der Waals surface area contributed by atoms with Gasteiger partial charge in [0, 0.05) is 32.1 Å². The molecule has 0 heterocycles. The van der Waals surface area contributed by atoms with Crippen LogP contribution in [0.5, 0.6) is 5.75 Å². The summed E-state index contributed by atoms with van der Waals surface area (Å²) in [7, 11) is 1.51. The van der Waals surface area contributed by atoms with Crippen molar-refractivity contribution in [2.75, 3.05) is 13.6 Å². The lowest BCUT2D eigenvalue weighted by Gasteiger charge is -2.20. The molecule has 1 aromatic rings. The van der Waals surface area contributed by atoms with Crippen LogP contribution in [0.1, 0.15) is 24.8 Å². The molecule has 0 aliphatic carbocycles. The smallest absolute Gasteiger partial charge is 0.405 e. The Hall–Kier alpha value is -2.45. The van der Waals surface area contributed by atoms with Gasteiger partial charge in [0.05, 0.1) is 0 Å². The number of para-hydroxylation sites is 1. The molecule has 0 saturated carbocycles. The number of nitrogens with one attached hydrogen (secondary N) is 1. The highest BCUT2D eigenvalue weighted by molar-refractivity contribution is 5.76. The minimum absolute atomic E-state index is 0.00459. The van der Waals surface area contributed by atoms with E-state index >= 15 is 0 Å². The van der Waals surface area contributed by atoms with Crippen molar-refractivity contribution in [1.82, 2.24) is 10.2 Å². The molecule has 0 aliphatic rings. The number of rotatable bonds is 8. The molecule has 1 aromatic carbocycles. The highest BCUT2D eigenvalue weighted by Crippen LogP contribution is 2.27. The van der Waals surface area contributed by atoms with Gasteiger partial charge in [-0.25, -0.2) is 4.79 Å². The zero-order chi connectivity index (χ0) is 18.2. The number of hydrogen-bond donors (Lipinski definition) is 2. The van der Waals surface area contributed by atoms with Crippen molar-refractivity contribution in [3.05, 3.63) is 29.8 Å². The number of halogens is 3. The fraction of sp³-hybridized carbons (Fsp3) is 0.467. The summed E-state index contributed by atoms with van der Waals surface area (Å²) < 4.78 is 41.1. The Morgan fingerprint density at radius 2 is 1.92 bits per heavy atom. The third-order valence-electron chi connectivity index (χ3n) is 3.15. The fourth-order valence-corrected chi connectivity index (χ4v) is 2.01. The summed E-state index contributed by atoms with van der Waals surface area (Å²) in [6.07, 6.45) is -3.45. The molecule has 1 rings (SSSR count). The van der Waals surface area contributed by atoms with Crippen molar-refractivity contribution in [2.24, 2.45) is 5.73 Å². The van der Waals surface area contributed by atoms with Crippen molar-refractivity contribution in [2.45, 2.75) is 32.2 Å². The van der Waals surface area contributed by atoms with Crippen LogP contribution in [0.25, 0.3) is 0 Å². The van der Waals surface area contributed by atoms with E-state index in [4.69, 9.17) is 5.73 Å². The maximum Gasteiger partial charge on any atom is 0.573 e. The molecule has 6 nitrogen and oxygen atoms in total. The van der Waals surface area contributed by atoms with Gasteiger partial charge >= 0.3 is 12.4 Å². The third kappa shape index (κ3) is 7.70. The lowest BCUT2D eigenvalue weighted by Crippen LogP contribution is -2.30. The average molecular weight is 347 g/mol. The Labute approximate surface area is 137 Å². The third-order valence-corrected chi connectivity index (χ3v) is 3.15. The minimum atomic E-state index is -4.79. The number of ether oxygens (including phenoxy) is 1. The molecule has 0 atom stereocenters. The van der Waals surface area contributed by atoms with Gasteiger partial charge < -0.3 is 20.7 Å². The molecule has 0 unspecified atom stereocenters. The van der Waals surface area contributed by atoms with Gasteiger partial charge in [-0.05, 0) is 18.9 Å². The zero-order valence-corrected chi connectivity index (χ0v) is 13.2. The van der Waals surface area contributed by atoms with Crippen molar-refractivity contribution in [3.63, 3.8) is 0 Å². The van der Waals surface area contributed by atoms with Gasteiger partial charge in [0.15, 0.2) is 0 Å². The Morgan fingerprint density at radius 3 is 2.54 bits per heavy atom. The quantitative estimate of drug-likeness (QED) is 0.708. The first kappa shape index (κ1) is 19.6. The van der Waals surface area contributed by atoms with Gasteiger partial charge in [-0.15, -0.1) is 13.2 Å². The van der Waals surface area contributed by atoms with E-state index in [0.29, 0.717) is 19.4 Å². The van der Waals surface area contributed by atoms with E-state index in [1.165, 1.54) is 30.1 Å². The van der Waals surface area contributed by atoms with E-state index in [9.17, 15) is 22.8 Å². The molecule has 0 aliphatic heterocycles. The predicted octanol–water partition coefficient (Wildman–Crippen LogP) is 2.38. The number of urea groups is 1. The van der Waals surface area contributed by atoms with E-state index in [2.05, 4.69) is 10.1 Å². The van der Waals surface area contributed by atoms with Crippen molar-refractivity contribution < 1.29 is 27.5 Å². The Kier molecular flexibility index (Phi) is 7.34. The zero-order valence-electron chi connectivity index (χ0n) is 13.2. The standard InChI is InChI=1S/C15H20F3N3O3/c1-21(13(22)8-4-5-9-20-14(19)23)10-11-6-2-3-7-12(11)24-15(16,17)18/h2-3,6-7H,4-5,8-10H2,1H3,(H3,19,20,23). The van der Waals surface area contributed by atoms with Crippen LogP contribution in [-0.4, -0.2) is 36.8 Å². The van der Waals surface area contributed by atoms with Crippen molar-refractivity contribution in [1.29, 1.82) is 0 Å². The van der Waals surface area contributed by atoms with Crippen LogP contribution in [-0.2, 0) is 11.3 Å². The van der Waals surface area contributed by atoms with Crippen molar-refractivity contribution >= 4 is 11.9 Å². The van der Waals surface area contributed by atoms with Gasteiger partial charge in [-0.3, -0.25) is 4.79 Å². The number of nitrogens with zero attached hydrogens (tertiary/aromatic N) is 1. The topological polar surface area (TPSA) is 84.7 Å². The van der Waals surface area contributed by atoms with Crippen molar-refractivity contribution in [3.8, 4) is 5.75 Å². The molecular formula is C15H20F3N3O3. The fourth-order valence-electron chi connectivity index (χ4n) is 2.01. The summed E-state index contributed by atoms with van der Waals surface area (Å²) >= 11 is 0. The summed E-state index contributed by atoms with van der Waals surface area (Å²) in [6.45, 7) is 0.374. The van der Waals surface area contributed by atoms with E-state index in [-0.39, 0.29) is 30.2 Å². The van der Waals surface area contributed by atoms with Gasteiger partial charge in [0.1, 0.15) is 5.75 Å². The van der Waals surface area contributed by atoms with Crippen LogP contribution in [0.4, 0.5) is 18.0 Å². The molecule has 0 saturated heterocycles. The minimum Gasteiger partial charge on any atom is -0.405 e. The predicted molar refractivity (Wildman–Crippen MR) is 81.0 cm³/mol. The second-order valence-corrected chi connectivity index (χ2v) is 5.15.